The zero-order valence-corrected chi connectivity index (χ0v) is 20.5. The molecule has 0 saturated carbocycles. The molecule has 2 aliphatic rings. The van der Waals surface area contributed by atoms with E-state index in [4.69, 9.17) is 4.74 Å². The summed E-state index contributed by atoms with van der Waals surface area (Å²) in [6.45, 7) is 7.08. The number of rotatable bonds is 4. The van der Waals surface area contributed by atoms with Crippen molar-refractivity contribution < 1.29 is 23.1 Å². The second kappa shape index (κ2) is 12.6. The molecular weight excluding hydrogens is 440 g/mol. The minimum atomic E-state index is -0.597. The molecule has 2 amide bonds. The first kappa shape index (κ1) is 26.5. The van der Waals surface area contributed by atoms with Crippen LogP contribution >= 0.6 is 0 Å². The number of carbonyl (C=O) groups excluding carboxylic acids is 2. The van der Waals surface area contributed by atoms with E-state index in [1.54, 1.807) is 0 Å². The molecular formula is C26H39F2N3O3. The minimum absolute atomic E-state index is 0.00859. The van der Waals surface area contributed by atoms with Crippen LogP contribution in [-0.2, 0) is 20.9 Å². The highest BCUT2D eigenvalue weighted by Crippen LogP contribution is 2.38. The quantitative estimate of drug-likeness (QED) is 0.690. The molecule has 0 aromatic heterocycles. The third-order valence-electron chi connectivity index (χ3n) is 7.48. The lowest BCUT2D eigenvalue weighted by Crippen LogP contribution is -2.56. The summed E-state index contributed by atoms with van der Waals surface area (Å²) in [6, 6.07) is 3.34. The Morgan fingerprint density at radius 2 is 1.76 bits per heavy atom. The van der Waals surface area contributed by atoms with Gasteiger partial charge in [-0.3, -0.25) is 14.5 Å². The molecule has 3 rings (SSSR count). The Morgan fingerprint density at radius 1 is 1.09 bits per heavy atom. The number of benzene rings is 1. The molecule has 2 saturated heterocycles. The second-order valence-corrected chi connectivity index (χ2v) is 9.81. The lowest BCUT2D eigenvalue weighted by atomic mass is 9.73. The van der Waals surface area contributed by atoms with Gasteiger partial charge in [0.15, 0.2) is 0 Å². The molecule has 34 heavy (non-hydrogen) atoms. The van der Waals surface area contributed by atoms with Gasteiger partial charge in [-0.25, -0.2) is 8.78 Å². The van der Waals surface area contributed by atoms with Crippen molar-refractivity contribution in [2.75, 3.05) is 32.8 Å². The Labute approximate surface area is 201 Å². The molecule has 190 valence electrons. The molecule has 0 unspecified atom stereocenters. The average molecular weight is 480 g/mol. The summed E-state index contributed by atoms with van der Waals surface area (Å²) in [5, 5.41) is 6.04. The SMILES string of the molecule is CC[C@H](C)[C@@H]1NC(=O)C2(CCCCOCCCNC1=O)CCN(Cc1c(F)cccc1F)CC2. The molecule has 2 N–H and O–H groups in total. The van der Waals surface area contributed by atoms with Gasteiger partial charge in [0.25, 0.3) is 0 Å². The van der Waals surface area contributed by atoms with Crippen LogP contribution in [0.3, 0.4) is 0 Å². The van der Waals surface area contributed by atoms with Gasteiger partial charge in [0.1, 0.15) is 17.7 Å². The Hall–Kier alpha value is -2.06. The van der Waals surface area contributed by atoms with Crippen LogP contribution < -0.4 is 10.6 Å². The fraction of sp³-hybridized carbons (Fsp3) is 0.692. The summed E-state index contributed by atoms with van der Waals surface area (Å²) in [5.74, 6) is -1.31. The van der Waals surface area contributed by atoms with E-state index in [9.17, 15) is 18.4 Å². The van der Waals surface area contributed by atoms with Gasteiger partial charge in [0.2, 0.25) is 11.8 Å². The molecule has 0 bridgehead atoms. The van der Waals surface area contributed by atoms with Gasteiger partial charge in [0.05, 0.1) is 5.41 Å². The summed E-state index contributed by atoms with van der Waals surface area (Å²) in [6.07, 6.45) is 5.13. The van der Waals surface area contributed by atoms with Crippen LogP contribution in [0.4, 0.5) is 8.78 Å². The van der Waals surface area contributed by atoms with Crippen LogP contribution in [-0.4, -0.2) is 55.6 Å². The number of amides is 2. The normalized spacial score (nSPS) is 24.2. The van der Waals surface area contributed by atoms with Crippen molar-refractivity contribution in [3.05, 3.63) is 35.4 Å². The van der Waals surface area contributed by atoms with Gasteiger partial charge in [-0.1, -0.05) is 32.8 Å². The number of likely N-dealkylation sites (tertiary alicyclic amines) is 1. The molecule has 8 heteroatoms. The summed E-state index contributed by atoms with van der Waals surface area (Å²) < 4.78 is 34.0. The first-order valence-electron chi connectivity index (χ1n) is 12.7. The summed E-state index contributed by atoms with van der Waals surface area (Å²) in [7, 11) is 0. The topological polar surface area (TPSA) is 70.7 Å². The maximum atomic E-state index is 14.1. The predicted octanol–water partition coefficient (Wildman–Crippen LogP) is 3.78. The zero-order valence-electron chi connectivity index (χ0n) is 20.5. The molecule has 1 aromatic carbocycles. The number of ether oxygens (including phenoxy) is 1. The highest BCUT2D eigenvalue weighted by molar-refractivity contribution is 5.90. The van der Waals surface area contributed by atoms with E-state index < -0.39 is 23.1 Å². The lowest BCUT2D eigenvalue weighted by Gasteiger charge is -2.42. The number of halogens is 2. The molecule has 2 fully saturated rings. The number of hydrogen-bond donors (Lipinski definition) is 2. The van der Waals surface area contributed by atoms with E-state index in [2.05, 4.69) is 10.6 Å². The van der Waals surface area contributed by atoms with Crippen molar-refractivity contribution in [3.63, 3.8) is 0 Å². The number of nitrogens with one attached hydrogen (secondary N) is 2. The van der Waals surface area contributed by atoms with Gasteiger partial charge < -0.3 is 15.4 Å². The Balaban J connectivity index is 1.73. The van der Waals surface area contributed by atoms with Crippen molar-refractivity contribution >= 4 is 11.8 Å². The zero-order chi connectivity index (χ0) is 24.6. The molecule has 0 aliphatic carbocycles. The molecule has 2 heterocycles. The summed E-state index contributed by atoms with van der Waals surface area (Å²) >= 11 is 0. The van der Waals surface area contributed by atoms with Crippen molar-refractivity contribution in [2.45, 2.75) is 71.4 Å². The van der Waals surface area contributed by atoms with Gasteiger partial charge in [-0.2, -0.15) is 0 Å². The largest absolute Gasteiger partial charge is 0.381 e. The Kier molecular flexibility index (Phi) is 9.83. The maximum Gasteiger partial charge on any atom is 0.242 e. The number of hydrogen-bond acceptors (Lipinski definition) is 4. The lowest BCUT2D eigenvalue weighted by molar-refractivity contribution is -0.139. The average Bonchev–Trinajstić information content (AvgIpc) is 2.83. The van der Waals surface area contributed by atoms with E-state index in [1.165, 1.54) is 18.2 Å². The molecule has 6 nitrogen and oxygen atoms in total. The fourth-order valence-electron chi connectivity index (χ4n) is 4.90. The predicted molar refractivity (Wildman–Crippen MR) is 127 cm³/mol. The van der Waals surface area contributed by atoms with Crippen molar-refractivity contribution in [1.82, 2.24) is 15.5 Å². The smallest absolute Gasteiger partial charge is 0.242 e. The molecule has 0 radical (unpaired) electrons. The van der Waals surface area contributed by atoms with Crippen molar-refractivity contribution in [1.29, 1.82) is 0 Å². The fourth-order valence-corrected chi connectivity index (χ4v) is 4.90. The Morgan fingerprint density at radius 3 is 2.44 bits per heavy atom. The van der Waals surface area contributed by atoms with Crippen molar-refractivity contribution in [3.8, 4) is 0 Å². The Bertz CT molecular complexity index is 807. The number of carbonyl (C=O) groups is 2. The molecule has 2 aliphatic heterocycles. The van der Waals surface area contributed by atoms with E-state index in [0.29, 0.717) is 52.1 Å². The minimum Gasteiger partial charge on any atom is -0.381 e. The van der Waals surface area contributed by atoms with Crippen LogP contribution in [0.5, 0.6) is 0 Å². The standard InChI is InChI=1S/C26H39F2N3O3/c1-3-19(2)23-24(32)29-13-7-17-34-16-5-4-10-26(25(33)30-23)11-14-31(15-12-26)18-20-21(27)8-6-9-22(20)28/h6,8-9,19,23H,3-5,7,10-18H2,1-2H3,(H,29,32)(H,30,33)/t19-,23-/m0/s1. The van der Waals surface area contributed by atoms with Crippen LogP contribution in [0.25, 0.3) is 0 Å². The van der Waals surface area contributed by atoms with Gasteiger partial charge in [0, 0.05) is 31.9 Å². The van der Waals surface area contributed by atoms with Crippen LogP contribution in [0.2, 0.25) is 0 Å². The highest BCUT2D eigenvalue weighted by Gasteiger charge is 2.42. The number of piperidine rings is 1. The van der Waals surface area contributed by atoms with E-state index in [0.717, 1.165) is 25.7 Å². The van der Waals surface area contributed by atoms with Crippen LogP contribution in [0, 0.1) is 23.0 Å². The molecule has 1 spiro atoms. The molecule has 1 aromatic rings. The van der Waals surface area contributed by atoms with E-state index >= 15 is 0 Å². The monoisotopic (exact) mass is 479 g/mol. The van der Waals surface area contributed by atoms with E-state index in [1.807, 2.05) is 18.7 Å². The van der Waals surface area contributed by atoms with Gasteiger partial charge >= 0.3 is 0 Å². The number of nitrogens with zero attached hydrogens (tertiary/aromatic N) is 1. The first-order chi connectivity index (χ1) is 16.4. The highest BCUT2D eigenvalue weighted by atomic mass is 19.1. The third-order valence-corrected chi connectivity index (χ3v) is 7.48. The van der Waals surface area contributed by atoms with Gasteiger partial charge in [-0.15, -0.1) is 0 Å². The van der Waals surface area contributed by atoms with Crippen molar-refractivity contribution in [2.24, 2.45) is 11.3 Å². The van der Waals surface area contributed by atoms with Crippen LogP contribution in [0.1, 0.15) is 64.4 Å². The third kappa shape index (κ3) is 6.75. The van der Waals surface area contributed by atoms with Gasteiger partial charge in [-0.05, 0) is 63.2 Å². The first-order valence-corrected chi connectivity index (χ1v) is 12.7. The second-order valence-electron chi connectivity index (χ2n) is 9.81. The molecule has 2 atom stereocenters. The van der Waals surface area contributed by atoms with Crippen LogP contribution in [0.15, 0.2) is 18.2 Å². The summed E-state index contributed by atoms with van der Waals surface area (Å²) in [5.41, 5.74) is -0.528. The van der Waals surface area contributed by atoms with E-state index in [-0.39, 0.29) is 29.8 Å². The maximum absolute atomic E-state index is 14.1. The summed E-state index contributed by atoms with van der Waals surface area (Å²) in [4.78, 5) is 28.5.